The van der Waals surface area contributed by atoms with E-state index >= 15 is 0 Å². The number of unbranched alkanes of at least 4 members (excludes halogenated alkanes) is 2. The highest BCUT2D eigenvalue weighted by Gasteiger charge is 2.06. The molecule has 0 amide bonds. The van der Waals surface area contributed by atoms with Crippen molar-refractivity contribution in [3.63, 3.8) is 0 Å². The number of imidazole rings is 1. The van der Waals surface area contributed by atoms with Crippen molar-refractivity contribution in [2.24, 2.45) is 0 Å². The van der Waals surface area contributed by atoms with Crippen LogP contribution in [0.2, 0.25) is 0 Å². The molecule has 0 spiro atoms. The third-order valence-corrected chi connectivity index (χ3v) is 2.85. The predicted molar refractivity (Wildman–Crippen MR) is 71.4 cm³/mol. The maximum atomic E-state index is 11.1. The zero-order valence-corrected chi connectivity index (χ0v) is 11.7. The Hall–Kier alpha value is -1.32. The number of aryl methyl sites for hydroxylation is 1. The van der Waals surface area contributed by atoms with Gasteiger partial charge in [0.25, 0.3) is 0 Å². The van der Waals surface area contributed by atoms with Crippen molar-refractivity contribution in [1.82, 2.24) is 9.55 Å². The first kappa shape index (κ1) is 14.7. The summed E-state index contributed by atoms with van der Waals surface area (Å²) in [6.07, 6.45) is 7.46. The van der Waals surface area contributed by atoms with Gasteiger partial charge >= 0.3 is 5.97 Å². The average Bonchev–Trinajstić information content (AvgIpc) is 2.77. The lowest BCUT2D eigenvalue weighted by molar-refractivity contribution is -0.143. The van der Waals surface area contributed by atoms with E-state index in [1.54, 1.807) is 0 Å². The Labute approximate surface area is 109 Å². The Balaban J connectivity index is 2.18. The first-order chi connectivity index (χ1) is 8.65. The first-order valence-corrected chi connectivity index (χ1v) is 6.81. The van der Waals surface area contributed by atoms with Crippen LogP contribution in [0.4, 0.5) is 0 Å². The third-order valence-electron chi connectivity index (χ3n) is 2.85. The number of hydrogen-bond donors (Lipinski definition) is 0. The van der Waals surface area contributed by atoms with Crippen molar-refractivity contribution in [2.75, 3.05) is 6.61 Å². The molecular weight excluding hydrogens is 228 g/mol. The van der Waals surface area contributed by atoms with Gasteiger partial charge in [0.1, 0.15) is 5.82 Å². The van der Waals surface area contributed by atoms with Crippen LogP contribution in [0.25, 0.3) is 0 Å². The van der Waals surface area contributed by atoms with E-state index in [4.69, 9.17) is 4.74 Å². The van der Waals surface area contributed by atoms with E-state index in [-0.39, 0.29) is 5.97 Å². The number of rotatable bonds is 8. The van der Waals surface area contributed by atoms with Crippen LogP contribution in [0.3, 0.4) is 0 Å². The summed E-state index contributed by atoms with van der Waals surface area (Å²) < 4.78 is 7.09. The maximum absolute atomic E-state index is 11.1. The monoisotopic (exact) mass is 252 g/mol. The van der Waals surface area contributed by atoms with Gasteiger partial charge in [-0.1, -0.05) is 20.3 Å². The van der Waals surface area contributed by atoms with Gasteiger partial charge in [0.15, 0.2) is 0 Å². The molecular formula is C14H24N2O2. The fourth-order valence-corrected chi connectivity index (χ4v) is 1.97. The van der Waals surface area contributed by atoms with Gasteiger partial charge in [-0.2, -0.15) is 0 Å². The summed E-state index contributed by atoms with van der Waals surface area (Å²) in [4.78, 5) is 15.5. The molecule has 0 fully saturated rings. The number of nitrogens with zero attached hydrogens (tertiary/aromatic N) is 2. The molecule has 0 saturated heterocycles. The van der Waals surface area contributed by atoms with Crippen LogP contribution in [0.5, 0.6) is 0 Å². The van der Waals surface area contributed by atoms with Gasteiger partial charge in [0.05, 0.1) is 6.61 Å². The van der Waals surface area contributed by atoms with Crippen molar-refractivity contribution >= 4 is 5.97 Å². The molecule has 4 heteroatoms. The smallest absolute Gasteiger partial charge is 0.305 e. The van der Waals surface area contributed by atoms with Gasteiger partial charge in [0.2, 0.25) is 0 Å². The quantitative estimate of drug-likeness (QED) is 0.527. The summed E-state index contributed by atoms with van der Waals surface area (Å²) in [5.74, 6) is 1.52. The van der Waals surface area contributed by atoms with Gasteiger partial charge in [0, 0.05) is 31.3 Å². The van der Waals surface area contributed by atoms with E-state index in [2.05, 4.69) is 23.4 Å². The van der Waals surface area contributed by atoms with E-state index in [1.807, 2.05) is 19.3 Å². The molecule has 0 saturated carbocycles. The highest BCUT2D eigenvalue weighted by molar-refractivity contribution is 5.69. The van der Waals surface area contributed by atoms with Crippen LogP contribution < -0.4 is 0 Å². The molecule has 0 bridgehead atoms. The lowest BCUT2D eigenvalue weighted by Crippen LogP contribution is -2.06. The topological polar surface area (TPSA) is 44.1 Å². The minimum atomic E-state index is -0.0806. The van der Waals surface area contributed by atoms with Crippen LogP contribution in [0, 0.1) is 0 Å². The molecule has 0 aliphatic carbocycles. The molecule has 18 heavy (non-hydrogen) atoms. The summed E-state index contributed by atoms with van der Waals surface area (Å²) in [5, 5.41) is 0. The second kappa shape index (κ2) is 7.90. The second-order valence-electron chi connectivity index (χ2n) is 4.75. The number of ether oxygens (including phenoxy) is 1. The van der Waals surface area contributed by atoms with Crippen molar-refractivity contribution < 1.29 is 9.53 Å². The largest absolute Gasteiger partial charge is 0.466 e. The standard InChI is InChI=1S/C14H24N2O2/c1-4-18-13(17)8-6-5-7-10-16-11-9-15-14(16)12(2)3/h9,11-12H,4-8,10H2,1-3H3. The summed E-state index contributed by atoms with van der Waals surface area (Å²) in [7, 11) is 0. The lowest BCUT2D eigenvalue weighted by Gasteiger charge is -2.09. The summed E-state index contributed by atoms with van der Waals surface area (Å²) in [6.45, 7) is 7.60. The summed E-state index contributed by atoms with van der Waals surface area (Å²) >= 11 is 0. The fraction of sp³-hybridized carbons (Fsp3) is 0.714. The zero-order valence-electron chi connectivity index (χ0n) is 11.7. The molecule has 4 nitrogen and oxygen atoms in total. The molecule has 1 rings (SSSR count). The Morgan fingerprint density at radius 3 is 2.83 bits per heavy atom. The highest BCUT2D eigenvalue weighted by atomic mass is 16.5. The van der Waals surface area contributed by atoms with E-state index < -0.39 is 0 Å². The van der Waals surface area contributed by atoms with Crippen molar-refractivity contribution in [2.45, 2.75) is 58.9 Å². The molecule has 1 aromatic rings. The summed E-state index contributed by atoms with van der Waals surface area (Å²) in [5.41, 5.74) is 0. The fourth-order valence-electron chi connectivity index (χ4n) is 1.97. The van der Waals surface area contributed by atoms with Crippen LogP contribution in [0.15, 0.2) is 12.4 Å². The first-order valence-electron chi connectivity index (χ1n) is 6.81. The predicted octanol–water partition coefficient (Wildman–Crippen LogP) is 3.13. The minimum Gasteiger partial charge on any atom is -0.466 e. The second-order valence-corrected chi connectivity index (χ2v) is 4.75. The van der Waals surface area contributed by atoms with Crippen LogP contribution >= 0.6 is 0 Å². The van der Waals surface area contributed by atoms with E-state index in [0.717, 1.165) is 31.6 Å². The average molecular weight is 252 g/mol. The highest BCUT2D eigenvalue weighted by Crippen LogP contribution is 2.13. The van der Waals surface area contributed by atoms with Crippen LogP contribution in [-0.4, -0.2) is 22.1 Å². The van der Waals surface area contributed by atoms with Gasteiger partial charge in [-0.05, 0) is 19.8 Å². The van der Waals surface area contributed by atoms with Crippen molar-refractivity contribution in [1.29, 1.82) is 0 Å². The molecule has 0 unspecified atom stereocenters. The third kappa shape index (κ3) is 4.90. The van der Waals surface area contributed by atoms with E-state index in [1.165, 1.54) is 0 Å². The number of carbonyl (C=O) groups is 1. The molecule has 0 atom stereocenters. The normalized spacial score (nSPS) is 10.9. The molecule has 102 valence electrons. The Bertz CT molecular complexity index is 358. The molecule has 1 heterocycles. The Morgan fingerprint density at radius 2 is 2.17 bits per heavy atom. The molecule has 0 aliphatic rings. The summed E-state index contributed by atoms with van der Waals surface area (Å²) in [6, 6.07) is 0. The van der Waals surface area contributed by atoms with E-state index in [0.29, 0.717) is 18.9 Å². The number of esters is 1. The zero-order chi connectivity index (χ0) is 13.4. The molecule has 0 N–H and O–H groups in total. The number of aromatic nitrogens is 2. The van der Waals surface area contributed by atoms with E-state index in [9.17, 15) is 4.79 Å². The van der Waals surface area contributed by atoms with Gasteiger partial charge in [-0.3, -0.25) is 4.79 Å². The Morgan fingerprint density at radius 1 is 1.39 bits per heavy atom. The molecule has 0 radical (unpaired) electrons. The minimum absolute atomic E-state index is 0.0806. The van der Waals surface area contributed by atoms with Crippen molar-refractivity contribution in [3.05, 3.63) is 18.2 Å². The van der Waals surface area contributed by atoms with Gasteiger partial charge in [-0.15, -0.1) is 0 Å². The number of carbonyl (C=O) groups excluding carboxylic acids is 1. The van der Waals surface area contributed by atoms with Gasteiger partial charge in [-0.25, -0.2) is 4.98 Å². The SMILES string of the molecule is CCOC(=O)CCCCCn1ccnc1C(C)C. The van der Waals surface area contributed by atoms with Crippen LogP contribution in [-0.2, 0) is 16.1 Å². The maximum Gasteiger partial charge on any atom is 0.305 e. The lowest BCUT2D eigenvalue weighted by atomic mass is 10.2. The Kier molecular flexibility index (Phi) is 6.47. The van der Waals surface area contributed by atoms with Crippen LogP contribution in [0.1, 0.15) is 58.2 Å². The number of hydrogen-bond acceptors (Lipinski definition) is 3. The van der Waals surface area contributed by atoms with Gasteiger partial charge < -0.3 is 9.30 Å². The molecule has 0 aromatic carbocycles. The molecule has 1 aromatic heterocycles. The van der Waals surface area contributed by atoms with Crippen molar-refractivity contribution in [3.8, 4) is 0 Å². The molecule has 0 aliphatic heterocycles.